The fourth-order valence-electron chi connectivity index (χ4n) is 2.97. The first-order valence-electron chi connectivity index (χ1n) is 7.88. The van der Waals surface area contributed by atoms with Gasteiger partial charge in [-0.2, -0.15) is 0 Å². The quantitative estimate of drug-likeness (QED) is 0.626. The van der Waals surface area contributed by atoms with Crippen LogP contribution in [0.4, 0.5) is 0 Å². The lowest BCUT2D eigenvalue weighted by Gasteiger charge is -2.14. The van der Waals surface area contributed by atoms with Crippen molar-refractivity contribution in [1.82, 2.24) is 23.9 Å². The maximum Gasteiger partial charge on any atom is 0.269 e. The van der Waals surface area contributed by atoms with Gasteiger partial charge >= 0.3 is 0 Å². The average Bonchev–Trinajstić information content (AvgIpc) is 3.08. The summed E-state index contributed by atoms with van der Waals surface area (Å²) < 4.78 is 27.8. The summed E-state index contributed by atoms with van der Waals surface area (Å²) in [5, 5.41) is 8.78. The summed E-state index contributed by atoms with van der Waals surface area (Å²) in [7, 11) is -3.78. The van der Waals surface area contributed by atoms with Crippen LogP contribution in [0, 0.1) is 13.8 Å². The first kappa shape index (κ1) is 17.0. The highest BCUT2D eigenvalue weighted by Gasteiger charge is 2.40. The molecule has 1 aliphatic rings. The molecule has 26 heavy (non-hydrogen) atoms. The molecular weight excluding hydrogens is 374 g/mol. The van der Waals surface area contributed by atoms with Crippen molar-refractivity contribution in [1.29, 1.82) is 0 Å². The highest BCUT2D eigenvalue weighted by Crippen LogP contribution is 2.30. The van der Waals surface area contributed by atoms with Crippen molar-refractivity contribution in [3.63, 3.8) is 0 Å². The van der Waals surface area contributed by atoms with Gasteiger partial charge in [0.15, 0.2) is 5.16 Å². The average molecular weight is 389 g/mol. The van der Waals surface area contributed by atoms with E-state index in [1.807, 2.05) is 24.3 Å². The van der Waals surface area contributed by atoms with E-state index in [9.17, 15) is 13.2 Å². The third-order valence-electron chi connectivity index (χ3n) is 4.10. The third-order valence-corrected chi connectivity index (χ3v) is 6.85. The minimum Gasteiger partial charge on any atom is -0.268 e. The summed E-state index contributed by atoms with van der Waals surface area (Å²) in [6, 6.07) is 8.18. The van der Waals surface area contributed by atoms with Crippen LogP contribution in [0.2, 0.25) is 0 Å². The SMILES string of the molecule is Cc1cc(C)n2c(SCCN3C(=O)c4ccccc4S3(=O)=O)nnc2n1. The van der Waals surface area contributed by atoms with Crippen molar-refractivity contribution in [2.24, 2.45) is 0 Å². The first-order valence-corrected chi connectivity index (χ1v) is 10.3. The molecule has 0 atom stereocenters. The van der Waals surface area contributed by atoms with Crippen LogP contribution < -0.4 is 0 Å². The van der Waals surface area contributed by atoms with Crippen molar-refractivity contribution < 1.29 is 13.2 Å². The summed E-state index contributed by atoms with van der Waals surface area (Å²) in [4.78, 5) is 16.8. The lowest BCUT2D eigenvalue weighted by atomic mass is 10.2. The molecule has 0 saturated carbocycles. The molecule has 0 fully saturated rings. The largest absolute Gasteiger partial charge is 0.269 e. The predicted molar refractivity (Wildman–Crippen MR) is 95.6 cm³/mol. The van der Waals surface area contributed by atoms with Crippen molar-refractivity contribution in [3.8, 4) is 0 Å². The van der Waals surface area contributed by atoms with Gasteiger partial charge in [-0.25, -0.2) is 17.7 Å². The Hall–Kier alpha value is -2.46. The van der Waals surface area contributed by atoms with Crippen LogP contribution in [0.3, 0.4) is 0 Å². The normalized spacial score (nSPS) is 15.6. The number of hydrogen-bond donors (Lipinski definition) is 0. The molecule has 1 aliphatic heterocycles. The van der Waals surface area contributed by atoms with Crippen LogP contribution in [0.25, 0.3) is 5.78 Å². The zero-order valence-corrected chi connectivity index (χ0v) is 15.7. The highest BCUT2D eigenvalue weighted by molar-refractivity contribution is 7.99. The number of carbonyl (C=O) groups excluding carboxylic acids is 1. The van der Waals surface area contributed by atoms with E-state index >= 15 is 0 Å². The minimum absolute atomic E-state index is 0.0633. The Bertz CT molecular complexity index is 1140. The Balaban J connectivity index is 1.54. The molecule has 0 spiro atoms. The van der Waals surface area contributed by atoms with Gasteiger partial charge in [0, 0.05) is 23.7 Å². The summed E-state index contributed by atoms with van der Waals surface area (Å²) in [6.45, 7) is 3.88. The van der Waals surface area contributed by atoms with Crippen LogP contribution in [0.1, 0.15) is 21.7 Å². The van der Waals surface area contributed by atoms with E-state index in [-0.39, 0.29) is 17.0 Å². The van der Waals surface area contributed by atoms with Gasteiger partial charge in [-0.05, 0) is 32.0 Å². The van der Waals surface area contributed by atoms with Crippen LogP contribution in [-0.4, -0.2) is 50.5 Å². The van der Waals surface area contributed by atoms with Gasteiger partial charge in [0.05, 0.1) is 5.56 Å². The van der Waals surface area contributed by atoms with Crippen LogP contribution >= 0.6 is 11.8 Å². The maximum absolute atomic E-state index is 12.5. The molecule has 1 aromatic carbocycles. The number of benzene rings is 1. The maximum atomic E-state index is 12.5. The van der Waals surface area contributed by atoms with E-state index < -0.39 is 15.9 Å². The van der Waals surface area contributed by atoms with E-state index in [0.717, 1.165) is 15.7 Å². The molecule has 134 valence electrons. The number of sulfonamides is 1. The fraction of sp³-hybridized carbons (Fsp3) is 0.250. The minimum atomic E-state index is -3.78. The van der Waals surface area contributed by atoms with E-state index in [4.69, 9.17) is 0 Å². The molecule has 2 aromatic heterocycles. The number of hydrogen-bond acceptors (Lipinski definition) is 7. The van der Waals surface area contributed by atoms with Gasteiger partial charge in [0.2, 0.25) is 0 Å². The number of fused-ring (bicyclic) bond motifs is 2. The molecule has 10 heteroatoms. The Morgan fingerprint density at radius 1 is 1.15 bits per heavy atom. The Kier molecular flexibility index (Phi) is 3.96. The number of carbonyl (C=O) groups is 1. The Labute approximate surface area is 154 Å². The molecule has 0 radical (unpaired) electrons. The van der Waals surface area contributed by atoms with Crippen molar-refractivity contribution in [2.45, 2.75) is 23.9 Å². The summed E-state index contributed by atoms with van der Waals surface area (Å²) in [6.07, 6.45) is 0. The zero-order valence-electron chi connectivity index (χ0n) is 14.1. The molecule has 3 heterocycles. The Morgan fingerprint density at radius 2 is 1.92 bits per heavy atom. The molecule has 4 rings (SSSR count). The molecule has 0 saturated heterocycles. The Morgan fingerprint density at radius 3 is 2.69 bits per heavy atom. The van der Waals surface area contributed by atoms with Crippen molar-refractivity contribution in [3.05, 3.63) is 47.3 Å². The molecule has 0 N–H and O–H groups in total. The van der Waals surface area contributed by atoms with Gasteiger partial charge in [-0.15, -0.1) is 10.2 Å². The van der Waals surface area contributed by atoms with Crippen LogP contribution in [-0.2, 0) is 10.0 Å². The number of rotatable bonds is 4. The standard InChI is InChI=1S/C16H15N5O3S2/c1-10-9-11(2)21-15(17-10)18-19-16(21)25-8-7-20-14(22)12-5-3-4-6-13(12)26(20,23)24/h3-6,9H,7-8H2,1-2H3. The molecule has 8 nitrogen and oxygen atoms in total. The summed E-state index contributed by atoms with van der Waals surface area (Å²) in [5.74, 6) is 0.385. The molecule has 0 bridgehead atoms. The lowest BCUT2D eigenvalue weighted by molar-refractivity contribution is 0.0876. The van der Waals surface area contributed by atoms with Crippen molar-refractivity contribution in [2.75, 3.05) is 12.3 Å². The van der Waals surface area contributed by atoms with E-state index in [1.54, 1.807) is 12.1 Å². The van der Waals surface area contributed by atoms with Gasteiger partial charge < -0.3 is 0 Å². The second kappa shape index (κ2) is 6.06. The fourth-order valence-corrected chi connectivity index (χ4v) is 5.56. The van der Waals surface area contributed by atoms with Gasteiger partial charge in [0.1, 0.15) is 4.90 Å². The van der Waals surface area contributed by atoms with Gasteiger partial charge in [0.25, 0.3) is 21.7 Å². The number of aryl methyl sites for hydroxylation is 2. The van der Waals surface area contributed by atoms with Crippen LogP contribution in [0.15, 0.2) is 40.4 Å². The number of aromatic nitrogens is 4. The van der Waals surface area contributed by atoms with E-state index in [0.29, 0.717) is 16.7 Å². The predicted octanol–water partition coefficient (Wildman–Crippen LogP) is 1.68. The van der Waals surface area contributed by atoms with Crippen molar-refractivity contribution >= 4 is 33.5 Å². The van der Waals surface area contributed by atoms with E-state index in [2.05, 4.69) is 15.2 Å². The van der Waals surface area contributed by atoms with Crippen LogP contribution in [0.5, 0.6) is 0 Å². The topological polar surface area (TPSA) is 97.5 Å². The third kappa shape index (κ3) is 2.56. The molecule has 3 aromatic rings. The molecule has 0 unspecified atom stereocenters. The highest BCUT2D eigenvalue weighted by atomic mass is 32.2. The van der Waals surface area contributed by atoms with Gasteiger partial charge in [-0.1, -0.05) is 23.9 Å². The lowest BCUT2D eigenvalue weighted by Crippen LogP contribution is -2.32. The van der Waals surface area contributed by atoms with Gasteiger partial charge in [-0.3, -0.25) is 9.20 Å². The second-order valence-electron chi connectivity index (χ2n) is 5.88. The molecule has 1 amide bonds. The first-order chi connectivity index (χ1) is 12.4. The molecular formula is C16H15N5O3S2. The number of nitrogens with zero attached hydrogens (tertiary/aromatic N) is 5. The zero-order chi connectivity index (χ0) is 18.5. The van der Waals surface area contributed by atoms with E-state index in [1.165, 1.54) is 23.9 Å². The molecule has 0 aliphatic carbocycles. The summed E-state index contributed by atoms with van der Waals surface area (Å²) in [5.41, 5.74) is 2.02. The second-order valence-corrected chi connectivity index (χ2v) is 8.78. The number of thioether (sulfide) groups is 1. The number of amides is 1. The summed E-state index contributed by atoms with van der Waals surface area (Å²) >= 11 is 1.34. The monoisotopic (exact) mass is 389 g/mol. The smallest absolute Gasteiger partial charge is 0.268 e.